The lowest BCUT2D eigenvalue weighted by molar-refractivity contribution is -0.139. The first kappa shape index (κ1) is 15.2. The number of aromatic nitrogens is 1. The van der Waals surface area contributed by atoms with E-state index in [-0.39, 0.29) is 12.0 Å². The van der Waals surface area contributed by atoms with Gasteiger partial charge in [0.25, 0.3) is 0 Å². The molecule has 0 radical (unpaired) electrons. The highest BCUT2D eigenvalue weighted by molar-refractivity contribution is 5.72. The topological polar surface area (TPSA) is 51.2 Å². The Labute approximate surface area is 125 Å². The van der Waals surface area contributed by atoms with Crippen molar-refractivity contribution in [3.05, 3.63) is 65.5 Å². The number of hydrogen-bond acceptors (Lipinski definition) is 4. The van der Waals surface area contributed by atoms with Gasteiger partial charge in [-0.15, -0.1) is 0 Å². The van der Waals surface area contributed by atoms with Crippen molar-refractivity contribution in [2.24, 2.45) is 0 Å². The number of carbonyl (C=O) groups is 1. The number of ether oxygens (including phenoxy) is 1. The Morgan fingerprint density at radius 1 is 1.24 bits per heavy atom. The van der Waals surface area contributed by atoms with Crippen molar-refractivity contribution >= 4 is 5.97 Å². The maximum Gasteiger partial charge on any atom is 0.309 e. The lowest BCUT2D eigenvalue weighted by Crippen LogP contribution is -2.19. The van der Waals surface area contributed by atoms with Gasteiger partial charge in [0, 0.05) is 25.0 Å². The van der Waals surface area contributed by atoms with Crippen LogP contribution >= 0.6 is 0 Å². The van der Waals surface area contributed by atoms with E-state index >= 15 is 0 Å². The predicted octanol–water partition coefficient (Wildman–Crippen LogP) is 2.65. The van der Waals surface area contributed by atoms with Crippen LogP contribution in [0.3, 0.4) is 0 Å². The zero-order valence-electron chi connectivity index (χ0n) is 12.4. The quantitative estimate of drug-likeness (QED) is 0.829. The van der Waals surface area contributed by atoms with Crippen molar-refractivity contribution in [3.63, 3.8) is 0 Å². The summed E-state index contributed by atoms with van der Waals surface area (Å²) in [5.74, 6) is -0.220. The number of nitrogens with one attached hydrogen (secondary N) is 1. The summed E-state index contributed by atoms with van der Waals surface area (Å²) >= 11 is 0. The number of methoxy groups -OCH3 is 1. The molecule has 21 heavy (non-hydrogen) atoms. The van der Waals surface area contributed by atoms with Gasteiger partial charge in [-0.2, -0.15) is 0 Å². The first-order valence-corrected chi connectivity index (χ1v) is 6.97. The minimum absolute atomic E-state index is 0.199. The molecule has 1 atom stereocenters. The van der Waals surface area contributed by atoms with E-state index < -0.39 is 0 Å². The van der Waals surface area contributed by atoms with Gasteiger partial charge in [0.05, 0.1) is 13.5 Å². The van der Waals surface area contributed by atoms with Gasteiger partial charge < -0.3 is 10.1 Å². The maximum absolute atomic E-state index is 11.4. The van der Waals surface area contributed by atoms with Crippen molar-refractivity contribution in [2.45, 2.75) is 25.9 Å². The minimum atomic E-state index is -0.220. The zero-order chi connectivity index (χ0) is 15.1. The highest BCUT2D eigenvalue weighted by atomic mass is 16.5. The molecule has 0 spiro atoms. The van der Waals surface area contributed by atoms with E-state index in [9.17, 15) is 4.79 Å². The molecule has 4 nitrogen and oxygen atoms in total. The van der Waals surface area contributed by atoms with Crippen LogP contribution in [0.4, 0.5) is 0 Å². The lowest BCUT2D eigenvalue weighted by Gasteiger charge is -2.15. The van der Waals surface area contributed by atoms with E-state index in [1.807, 2.05) is 42.6 Å². The lowest BCUT2D eigenvalue weighted by atomic mass is 10.0. The van der Waals surface area contributed by atoms with Gasteiger partial charge in [0.2, 0.25) is 0 Å². The molecule has 0 unspecified atom stereocenters. The number of esters is 1. The van der Waals surface area contributed by atoms with Gasteiger partial charge in [-0.05, 0) is 29.7 Å². The molecular weight excluding hydrogens is 264 g/mol. The Hall–Kier alpha value is -2.20. The molecular formula is C17H20N2O2. The van der Waals surface area contributed by atoms with Crippen LogP contribution in [0.5, 0.6) is 0 Å². The Balaban J connectivity index is 2.01. The second-order valence-electron chi connectivity index (χ2n) is 4.91. The molecule has 0 saturated carbocycles. The van der Waals surface area contributed by atoms with Crippen LogP contribution in [-0.4, -0.2) is 18.1 Å². The molecule has 1 heterocycles. The van der Waals surface area contributed by atoms with Crippen LogP contribution in [0.1, 0.15) is 29.7 Å². The first-order chi connectivity index (χ1) is 10.2. The van der Waals surface area contributed by atoms with Crippen molar-refractivity contribution < 1.29 is 9.53 Å². The van der Waals surface area contributed by atoms with Crippen LogP contribution in [0.2, 0.25) is 0 Å². The predicted molar refractivity (Wildman–Crippen MR) is 81.7 cm³/mol. The van der Waals surface area contributed by atoms with Gasteiger partial charge >= 0.3 is 5.97 Å². The molecule has 0 aliphatic heterocycles. The average Bonchev–Trinajstić information content (AvgIpc) is 2.54. The second kappa shape index (κ2) is 7.55. The normalized spacial score (nSPS) is 11.9. The smallest absolute Gasteiger partial charge is 0.309 e. The Morgan fingerprint density at radius 3 is 2.67 bits per heavy atom. The number of benzene rings is 1. The SMILES string of the molecule is COC(=O)Cc1ccccc1CN[C@@H](C)c1cccnc1. The fourth-order valence-corrected chi connectivity index (χ4v) is 2.14. The number of nitrogens with zero attached hydrogens (tertiary/aromatic N) is 1. The average molecular weight is 284 g/mol. The fraction of sp³-hybridized carbons (Fsp3) is 0.294. The first-order valence-electron chi connectivity index (χ1n) is 6.97. The monoisotopic (exact) mass is 284 g/mol. The van der Waals surface area contributed by atoms with Gasteiger partial charge in [0.1, 0.15) is 0 Å². The summed E-state index contributed by atoms with van der Waals surface area (Å²) in [6.45, 7) is 2.79. The standard InChI is InChI=1S/C17H20N2O2/c1-13(15-8-5-9-18-11-15)19-12-16-7-4-3-6-14(16)10-17(20)21-2/h3-9,11,13,19H,10,12H2,1-2H3/t13-/m0/s1. The summed E-state index contributed by atoms with van der Waals surface area (Å²) in [5, 5.41) is 3.45. The van der Waals surface area contributed by atoms with E-state index in [4.69, 9.17) is 4.74 Å². The van der Waals surface area contributed by atoms with Crippen LogP contribution in [0.25, 0.3) is 0 Å². The molecule has 0 aliphatic carbocycles. The van der Waals surface area contributed by atoms with E-state index in [2.05, 4.69) is 17.2 Å². The summed E-state index contributed by atoms with van der Waals surface area (Å²) in [6, 6.07) is 12.1. The van der Waals surface area contributed by atoms with Gasteiger partial charge in [0.15, 0.2) is 0 Å². The Morgan fingerprint density at radius 2 is 2.00 bits per heavy atom. The largest absolute Gasteiger partial charge is 0.469 e. The van der Waals surface area contributed by atoms with Gasteiger partial charge in [-0.25, -0.2) is 0 Å². The molecule has 110 valence electrons. The number of pyridine rings is 1. The Kier molecular flexibility index (Phi) is 5.46. The fourth-order valence-electron chi connectivity index (χ4n) is 2.14. The molecule has 1 aromatic heterocycles. The van der Waals surface area contributed by atoms with Gasteiger partial charge in [-0.3, -0.25) is 9.78 Å². The molecule has 4 heteroatoms. The van der Waals surface area contributed by atoms with Gasteiger partial charge in [-0.1, -0.05) is 30.3 Å². The number of carbonyl (C=O) groups excluding carboxylic acids is 1. The van der Waals surface area contributed by atoms with E-state index in [0.29, 0.717) is 13.0 Å². The van der Waals surface area contributed by atoms with Crippen molar-refractivity contribution in [2.75, 3.05) is 7.11 Å². The summed E-state index contributed by atoms with van der Waals surface area (Å²) < 4.78 is 4.74. The molecule has 2 aromatic rings. The summed E-state index contributed by atoms with van der Waals surface area (Å²) in [5.41, 5.74) is 3.25. The van der Waals surface area contributed by atoms with Crippen LogP contribution in [-0.2, 0) is 22.5 Å². The molecule has 0 fully saturated rings. The van der Waals surface area contributed by atoms with Crippen molar-refractivity contribution in [1.29, 1.82) is 0 Å². The molecule has 2 rings (SSSR count). The van der Waals surface area contributed by atoms with Crippen LogP contribution in [0.15, 0.2) is 48.8 Å². The van der Waals surface area contributed by atoms with Crippen LogP contribution < -0.4 is 5.32 Å². The van der Waals surface area contributed by atoms with Crippen molar-refractivity contribution in [3.8, 4) is 0 Å². The van der Waals surface area contributed by atoms with E-state index in [1.165, 1.54) is 7.11 Å². The highest BCUT2D eigenvalue weighted by Crippen LogP contribution is 2.14. The molecule has 0 amide bonds. The molecule has 0 bridgehead atoms. The molecule has 0 aliphatic rings. The van der Waals surface area contributed by atoms with E-state index in [1.54, 1.807) is 6.20 Å². The van der Waals surface area contributed by atoms with Crippen LogP contribution in [0, 0.1) is 0 Å². The minimum Gasteiger partial charge on any atom is -0.469 e. The summed E-state index contributed by atoms with van der Waals surface area (Å²) in [4.78, 5) is 15.6. The summed E-state index contributed by atoms with van der Waals surface area (Å²) in [7, 11) is 1.41. The summed E-state index contributed by atoms with van der Waals surface area (Å²) in [6.07, 6.45) is 3.93. The molecule has 1 N–H and O–H groups in total. The third-order valence-electron chi connectivity index (χ3n) is 3.46. The molecule has 1 aromatic carbocycles. The zero-order valence-corrected chi connectivity index (χ0v) is 12.4. The maximum atomic E-state index is 11.4. The highest BCUT2D eigenvalue weighted by Gasteiger charge is 2.09. The Bertz CT molecular complexity index is 584. The number of hydrogen-bond donors (Lipinski definition) is 1. The third-order valence-corrected chi connectivity index (χ3v) is 3.46. The van der Waals surface area contributed by atoms with E-state index in [0.717, 1.165) is 16.7 Å². The van der Waals surface area contributed by atoms with Crippen molar-refractivity contribution in [1.82, 2.24) is 10.3 Å². The third kappa shape index (κ3) is 4.39. The number of rotatable bonds is 6. The molecule has 0 saturated heterocycles. The second-order valence-corrected chi connectivity index (χ2v) is 4.91.